The van der Waals surface area contributed by atoms with Crippen LogP contribution in [0.15, 0.2) is 84.1 Å². The summed E-state index contributed by atoms with van der Waals surface area (Å²) in [7, 11) is 0. The zero-order valence-corrected chi connectivity index (χ0v) is 8.64. The summed E-state index contributed by atoms with van der Waals surface area (Å²) in [5, 5.41) is 0. The lowest BCUT2D eigenvalue weighted by molar-refractivity contribution is 1.24. The molecule has 0 aromatic heterocycles. The fraction of sp³-hybridized carbons (Fsp3) is 0.0667. The van der Waals surface area contributed by atoms with Crippen LogP contribution in [0.2, 0.25) is 0 Å². The molecule has 74 valence electrons. The summed E-state index contributed by atoms with van der Waals surface area (Å²) in [6.45, 7) is 0. The normalized spacial score (nSPS) is 31.2. The van der Waals surface area contributed by atoms with Gasteiger partial charge in [0.1, 0.15) is 0 Å². The molecule has 0 saturated carbocycles. The van der Waals surface area contributed by atoms with Crippen molar-refractivity contribution < 1.29 is 0 Å². The van der Waals surface area contributed by atoms with Crippen LogP contribution >= 0.6 is 0 Å². The maximum atomic E-state index is 2.25. The summed E-state index contributed by atoms with van der Waals surface area (Å²) in [5.74, 6) is 0. The van der Waals surface area contributed by atoms with Crippen LogP contribution in [0, 0.1) is 0 Å². The standard InChI is InChI=1S/C15H14/c1-2-4-6-8-14-10-12-15(13-11-14)9-7-5-3-1/h1-12H,13H2/b3-1-,4-2-,7-5-,8-6-,15-9-. The molecule has 0 N–H and O–H groups in total. The Morgan fingerprint density at radius 1 is 0.667 bits per heavy atom. The predicted octanol–water partition coefficient (Wildman–Crippen LogP) is 4.04. The highest BCUT2D eigenvalue weighted by molar-refractivity contribution is 5.43. The first-order chi connectivity index (χ1) is 7.45. The van der Waals surface area contributed by atoms with E-state index in [1.54, 1.807) is 0 Å². The van der Waals surface area contributed by atoms with E-state index in [1.165, 1.54) is 11.1 Å². The van der Waals surface area contributed by atoms with E-state index in [4.69, 9.17) is 0 Å². The zero-order valence-electron chi connectivity index (χ0n) is 8.64. The van der Waals surface area contributed by atoms with Gasteiger partial charge in [-0.3, -0.25) is 0 Å². The maximum absolute atomic E-state index is 2.25. The van der Waals surface area contributed by atoms with Crippen LogP contribution in [-0.2, 0) is 0 Å². The smallest absolute Gasteiger partial charge is 0.00884 e. The van der Waals surface area contributed by atoms with E-state index in [0.717, 1.165) is 6.42 Å². The molecule has 0 spiro atoms. The van der Waals surface area contributed by atoms with Gasteiger partial charge < -0.3 is 0 Å². The van der Waals surface area contributed by atoms with Gasteiger partial charge in [-0.1, -0.05) is 72.9 Å². The minimum atomic E-state index is 1.02. The van der Waals surface area contributed by atoms with Crippen molar-refractivity contribution in [3.8, 4) is 0 Å². The minimum Gasteiger partial charge on any atom is -0.0729 e. The zero-order chi connectivity index (χ0) is 10.3. The third-order valence-electron chi connectivity index (χ3n) is 2.33. The van der Waals surface area contributed by atoms with E-state index < -0.39 is 0 Å². The van der Waals surface area contributed by atoms with Crippen LogP contribution in [0.5, 0.6) is 0 Å². The molecule has 2 bridgehead atoms. The van der Waals surface area contributed by atoms with Crippen molar-refractivity contribution in [2.75, 3.05) is 0 Å². The fourth-order valence-corrected chi connectivity index (χ4v) is 1.49. The molecular formula is C15H14. The molecule has 0 heterocycles. The molecule has 0 nitrogen and oxygen atoms in total. The van der Waals surface area contributed by atoms with Crippen LogP contribution in [0.3, 0.4) is 0 Å². The van der Waals surface area contributed by atoms with Crippen molar-refractivity contribution in [1.29, 1.82) is 0 Å². The van der Waals surface area contributed by atoms with E-state index in [2.05, 4.69) is 42.5 Å². The van der Waals surface area contributed by atoms with Crippen LogP contribution in [0.1, 0.15) is 6.42 Å². The third-order valence-corrected chi connectivity index (χ3v) is 2.33. The van der Waals surface area contributed by atoms with E-state index >= 15 is 0 Å². The molecule has 0 unspecified atom stereocenters. The predicted molar refractivity (Wildman–Crippen MR) is 66.5 cm³/mol. The topological polar surface area (TPSA) is 0 Å². The van der Waals surface area contributed by atoms with Gasteiger partial charge in [0.2, 0.25) is 0 Å². The summed E-state index contributed by atoms with van der Waals surface area (Å²) < 4.78 is 0. The van der Waals surface area contributed by atoms with Crippen molar-refractivity contribution in [1.82, 2.24) is 0 Å². The van der Waals surface area contributed by atoms with Gasteiger partial charge in [0.15, 0.2) is 0 Å². The number of fused-ring (bicyclic) bond motifs is 5. The monoisotopic (exact) mass is 194 g/mol. The Hall–Kier alpha value is -1.82. The Kier molecular flexibility index (Phi) is 3.34. The number of allylic oxidation sites excluding steroid dienone is 14. The molecule has 0 atom stereocenters. The average Bonchev–Trinajstić information content (AvgIpc) is 2.31. The van der Waals surface area contributed by atoms with Gasteiger partial charge in [0, 0.05) is 0 Å². The van der Waals surface area contributed by atoms with Crippen LogP contribution < -0.4 is 0 Å². The molecule has 0 aromatic carbocycles. The minimum absolute atomic E-state index is 1.02. The molecule has 0 heteroatoms. The Balaban J connectivity index is 2.28. The summed E-state index contributed by atoms with van der Waals surface area (Å²) in [6.07, 6.45) is 26.2. The van der Waals surface area contributed by atoms with Crippen LogP contribution in [-0.4, -0.2) is 0 Å². The van der Waals surface area contributed by atoms with Gasteiger partial charge in [0.05, 0.1) is 0 Å². The second-order valence-electron chi connectivity index (χ2n) is 3.50. The van der Waals surface area contributed by atoms with Gasteiger partial charge >= 0.3 is 0 Å². The Morgan fingerprint density at radius 3 is 2.13 bits per heavy atom. The molecule has 3 aliphatic rings. The Bertz CT molecular complexity index is 417. The van der Waals surface area contributed by atoms with Crippen LogP contribution in [0.4, 0.5) is 0 Å². The fourth-order valence-electron chi connectivity index (χ4n) is 1.49. The summed E-state index contributed by atoms with van der Waals surface area (Å²) in [5.41, 5.74) is 2.63. The van der Waals surface area contributed by atoms with Gasteiger partial charge in [-0.25, -0.2) is 0 Å². The second-order valence-corrected chi connectivity index (χ2v) is 3.50. The van der Waals surface area contributed by atoms with Gasteiger partial charge in [0.25, 0.3) is 0 Å². The highest BCUT2D eigenvalue weighted by Gasteiger charge is 1.96. The molecule has 0 fully saturated rings. The lowest BCUT2D eigenvalue weighted by Gasteiger charge is -2.04. The van der Waals surface area contributed by atoms with Crippen molar-refractivity contribution in [3.05, 3.63) is 84.1 Å². The van der Waals surface area contributed by atoms with Crippen molar-refractivity contribution >= 4 is 0 Å². The largest absolute Gasteiger partial charge is 0.0729 e. The molecule has 15 heavy (non-hydrogen) atoms. The number of hydrogen-bond donors (Lipinski definition) is 0. The van der Waals surface area contributed by atoms with Gasteiger partial charge in [-0.05, 0) is 17.6 Å². The maximum Gasteiger partial charge on any atom is -0.00884 e. The van der Waals surface area contributed by atoms with Crippen molar-refractivity contribution in [3.63, 3.8) is 0 Å². The Morgan fingerprint density at radius 2 is 1.40 bits per heavy atom. The molecule has 0 radical (unpaired) electrons. The van der Waals surface area contributed by atoms with E-state index in [9.17, 15) is 0 Å². The number of hydrogen-bond acceptors (Lipinski definition) is 0. The first-order valence-electron chi connectivity index (χ1n) is 5.21. The molecule has 0 amide bonds. The molecule has 3 rings (SSSR count). The molecule has 0 saturated heterocycles. The quantitative estimate of drug-likeness (QED) is 0.546. The van der Waals surface area contributed by atoms with Crippen LogP contribution in [0.25, 0.3) is 0 Å². The Labute approximate surface area is 91.0 Å². The summed E-state index contributed by atoms with van der Waals surface area (Å²) in [4.78, 5) is 0. The molecule has 0 aliphatic heterocycles. The highest BCUT2D eigenvalue weighted by Crippen LogP contribution is 2.16. The lowest BCUT2D eigenvalue weighted by Crippen LogP contribution is -1.84. The van der Waals surface area contributed by atoms with E-state index in [1.807, 2.05) is 30.4 Å². The van der Waals surface area contributed by atoms with Gasteiger partial charge in [-0.15, -0.1) is 0 Å². The highest BCUT2D eigenvalue weighted by atomic mass is 14.0. The molecular weight excluding hydrogens is 180 g/mol. The van der Waals surface area contributed by atoms with Gasteiger partial charge in [-0.2, -0.15) is 0 Å². The summed E-state index contributed by atoms with van der Waals surface area (Å²) >= 11 is 0. The van der Waals surface area contributed by atoms with E-state index in [-0.39, 0.29) is 0 Å². The molecule has 3 aliphatic carbocycles. The lowest BCUT2D eigenvalue weighted by atomic mass is 10.0. The first-order valence-corrected chi connectivity index (χ1v) is 5.21. The number of rotatable bonds is 0. The second kappa shape index (κ2) is 5.16. The molecule has 0 aromatic rings. The van der Waals surface area contributed by atoms with Crippen molar-refractivity contribution in [2.24, 2.45) is 0 Å². The first kappa shape index (κ1) is 9.72. The van der Waals surface area contributed by atoms with Crippen molar-refractivity contribution in [2.45, 2.75) is 6.42 Å². The summed E-state index contributed by atoms with van der Waals surface area (Å²) in [6, 6.07) is 0. The SMILES string of the molecule is C1=C/C2=C/C=C\C=C/C=C\C=C/C1=CC2. The third kappa shape index (κ3) is 3.10. The average molecular weight is 194 g/mol. The van der Waals surface area contributed by atoms with E-state index in [0.29, 0.717) is 0 Å².